The maximum atomic E-state index is 2.38. The molecule has 12 aromatic rings. The van der Waals surface area contributed by atoms with Crippen molar-refractivity contribution in [3.05, 3.63) is 279 Å². The SMILES string of the molecule is c1ccc(-c2cccc(-c3ccc(N(c4ccc(-c5cccc(-c6cccc(-c7ccccc7)c6)c5)cc4)c4ccc(-c5cccc(-n6c7ccccc7c7ccccc76)c5)cc4)cc3)c2)cc1. The van der Waals surface area contributed by atoms with E-state index in [1.54, 1.807) is 0 Å². The third kappa shape index (κ3) is 7.85. The lowest BCUT2D eigenvalue weighted by molar-refractivity contribution is 1.18. The van der Waals surface area contributed by atoms with Gasteiger partial charge in [-0.1, -0.05) is 200 Å². The van der Waals surface area contributed by atoms with Gasteiger partial charge in [-0.05, 0) is 146 Å². The highest BCUT2D eigenvalue weighted by Crippen LogP contribution is 2.40. The molecule has 1 aromatic heterocycles. The molecule has 320 valence electrons. The molecule has 0 bridgehead atoms. The molecule has 0 spiro atoms. The predicted molar refractivity (Wildman–Crippen MR) is 288 cm³/mol. The maximum Gasteiger partial charge on any atom is 0.0541 e. The van der Waals surface area contributed by atoms with Gasteiger partial charge in [-0.25, -0.2) is 0 Å². The summed E-state index contributed by atoms with van der Waals surface area (Å²) in [6, 6.07) is 101. The van der Waals surface area contributed by atoms with Crippen molar-refractivity contribution >= 4 is 38.9 Å². The number of fused-ring (bicyclic) bond motifs is 3. The van der Waals surface area contributed by atoms with Crippen LogP contribution < -0.4 is 4.90 Å². The number of rotatable bonds is 10. The Labute approximate surface area is 397 Å². The Balaban J connectivity index is 0.888. The Morgan fingerprint density at radius 1 is 0.206 bits per heavy atom. The number of para-hydroxylation sites is 2. The van der Waals surface area contributed by atoms with E-state index in [1.165, 1.54) is 83.0 Å². The van der Waals surface area contributed by atoms with Crippen LogP contribution in [0.2, 0.25) is 0 Å². The molecule has 0 aliphatic heterocycles. The monoisotopic (exact) mass is 866 g/mol. The molecule has 0 saturated carbocycles. The summed E-state index contributed by atoms with van der Waals surface area (Å²) in [5, 5.41) is 2.52. The number of hydrogen-bond acceptors (Lipinski definition) is 1. The molecule has 0 unspecified atom stereocenters. The molecule has 12 rings (SSSR count). The van der Waals surface area contributed by atoms with Crippen LogP contribution in [0.25, 0.3) is 94.3 Å². The number of nitrogens with zero attached hydrogens (tertiary/aromatic N) is 2. The second-order valence-corrected chi connectivity index (χ2v) is 17.4. The van der Waals surface area contributed by atoms with Gasteiger partial charge in [0.2, 0.25) is 0 Å². The van der Waals surface area contributed by atoms with Gasteiger partial charge in [0.25, 0.3) is 0 Å². The maximum absolute atomic E-state index is 2.38. The normalized spacial score (nSPS) is 11.2. The molecule has 0 aliphatic carbocycles. The van der Waals surface area contributed by atoms with Crippen molar-refractivity contribution in [2.45, 2.75) is 0 Å². The van der Waals surface area contributed by atoms with Crippen LogP contribution in [0.4, 0.5) is 17.1 Å². The van der Waals surface area contributed by atoms with E-state index in [1.807, 2.05) is 0 Å². The lowest BCUT2D eigenvalue weighted by Crippen LogP contribution is -2.09. The first-order chi connectivity index (χ1) is 33.7. The van der Waals surface area contributed by atoms with Crippen molar-refractivity contribution in [3.63, 3.8) is 0 Å². The van der Waals surface area contributed by atoms with Crippen LogP contribution in [0.3, 0.4) is 0 Å². The zero-order valence-electron chi connectivity index (χ0n) is 37.5. The topological polar surface area (TPSA) is 8.17 Å². The lowest BCUT2D eigenvalue weighted by Gasteiger charge is -2.26. The van der Waals surface area contributed by atoms with Crippen LogP contribution >= 0.6 is 0 Å². The highest BCUT2D eigenvalue weighted by Gasteiger charge is 2.16. The van der Waals surface area contributed by atoms with Gasteiger partial charge in [0.1, 0.15) is 0 Å². The number of aromatic nitrogens is 1. The van der Waals surface area contributed by atoms with Gasteiger partial charge in [0, 0.05) is 33.5 Å². The summed E-state index contributed by atoms with van der Waals surface area (Å²) in [4.78, 5) is 2.36. The lowest BCUT2D eigenvalue weighted by atomic mass is 9.96. The molecule has 11 aromatic carbocycles. The Morgan fingerprint density at radius 3 is 0.868 bits per heavy atom. The van der Waals surface area contributed by atoms with Crippen molar-refractivity contribution in [2.24, 2.45) is 0 Å². The van der Waals surface area contributed by atoms with Gasteiger partial charge >= 0.3 is 0 Å². The van der Waals surface area contributed by atoms with Crippen LogP contribution in [-0.2, 0) is 0 Å². The van der Waals surface area contributed by atoms with E-state index in [-0.39, 0.29) is 0 Å². The largest absolute Gasteiger partial charge is 0.311 e. The molecule has 0 fully saturated rings. The molecule has 0 aliphatic rings. The Hall–Kier alpha value is -8.98. The van der Waals surface area contributed by atoms with Gasteiger partial charge in [-0.15, -0.1) is 0 Å². The van der Waals surface area contributed by atoms with E-state index in [9.17, 15) is 0 Å². The highest BCUT2D eigenvalue weighted by atomic mass is 15.1. The minimum Gasteiger partial charge on any atom is -0.311 e. The first-order valence-electron chi connectivity index (χ1n) is 23.3. The fourth-order valence-electron chi connectivity index (χ4n) is 9.78. The Kier molecular flexibility index (Phi) is 10.6. The molecule has 1 heterocycles. The van der Waals surface area contributed by atoms with Crippen molar-refractivity contribution in [2.75, 3.05) is 4.90 Å². The molecule has 0 amide bonds. The first kappa shape index (κ1) is 40.5. The van der Waals surface area contributed by atoms with E-state index < -0.39 is 0 Å². The summed E-state index contributed by atoms with van der Waals surface area (Å²) in [7, 11) is 0. The molecule has 0 radical (unpaired) electrons. The smallest absolute Gasteiger partial charge is 0.0541 e. The number of benzene rings is 11. The van der Waals surface area contributed by atoms with E-state index in [2.05, 4.69) is 289 Å². The summed E-state index contributed by atoms with van der Waals surface area (Å²) in [6.07, 6.45) is 0. The van der Waals surface area contributed by atoms with Crippen molar-refractivity contribution < 1.29 is 0 Å². The van der Waals surface area contributed by atoms with E-state index in [4.69, 9.17) is 0 Å². The molecule has 0 saturated heterocycles. The zero-order valence-corrected chi connectivity index (χ0v) is 37.5. The van der Waals surface area contributed by atoms with Crippen LogP contribution in [0.1, 0.15) is 0 Å². The second kappa shape index (κ2) is 17.8. The quantitative estimate of drug-likeness (QED) is 0.133. The van der Waals surface area contributed by atoms with Crippen molar-refractivity contribution in [1.82, 2.24) is 4.57 Å². The summed E-state index contributed by atoms with van der Waals surface area (Å²) < 4.78 is 2.38. The Bertz CT molecular complexity index is 3650. The zero-order chi connectivity index (χ0) is 45.2. The number of anilines is 3. The highest BCUT2D eigenvalue weighted by molar-refractivity contribution is 6.09. The minimum absolute atomic E-state index is 1.08. The summed E-state index contributed by atoms with van der Waals surface area (Å²) in [6.45, 7) is 0. The summed E-state index contributed by atoms with van der Waals surface area (Å²) in [5.74, 6) is 0. The van der Waals surface area contributed by atoms with Gasteiger partial charge < -0.3 is 9.47 Å². The molecule has 2 heteroatoms. The van der Waals surface area contributed by atoms with Gasteiger partial charge in [0.05, 0.1) is 11.0 Å². The number of hydrogen-bond donors (Lipinski definition) is 0. The first-order valence-corrected chi connectivity index (χ1v) is 23.3. The predicted octanol–water partition coefficient (Wildman–Crippen LogP) is 18.3. The third-order valence-electron chi connectivity index (χ3n) is 13.2. The fourth-order valence-corrected chi connectivity index (χ4v) is 9.78. The second-order valence-electron chi connectivity index (χ2n) is 17.4. The standard InChI is InChI=1S/C66H46N2/c1-3-15-47(16-4-1)52-19-11-21-54(43-52)49-31-37-59(38-32-49)67(60-39-33-50(34-40-60)55-22-13-24-57(45-55)56-23-12-20-53(44-56)48-17-5-2-6-18-48)61-41-35-51(36-42-61)58-25-14-26-62(46-58)68-65-29-9-7-27-63(65)64-28-8-10-30-66(64)68/h1-46H. The molecular weight excluding hydrogens is 821 g/mol. The Morgan fingerprint density at radius 2 is 0.485 bits per heavy atom. The third-order valence-corrected chi connectivity index (χ3v) is 13.2. The van der Waals surface area contributed by atoms with E-state index in [0.717, 1.165) is 28.3 Å². The van der Waals surface area contributed by atoms with E-state index in [0.29, 0.717) is 0 Å². The van der Waals surface area contributed by atoms with Gasteiger partial charge in [0.15, 0.2) is 0 Å². The summed E-state index contributed by atoms with van der Waals surface area (Å²) >= 11 is 0. The van der Waals surface area contributed by atoms with Crippen molar-refractivity contribution in [1.29, 1.82) is 0 Å². The van der Waals surface area contributed by atoms with Crippen molar-refractivity contribution in [3.8, 4) is 72.4 Å². The minimum atomic E-state index is 1.08. The summed E-state index contributed by atoms with van der Waals surface area (Å²) in [5.41, 5.74) is 21.1. The molecule has 2 nitrogen and oxygen atoms in total. The van der Waals surface area contributed by atoms with Crippen LogP contribution in [0, 0.1) is 0 Å². The van der Waals surface area contributed by atoms with Crippen LogP contribution in [-0.4, -0.2) is 4.57 Å². The molecular formula is C66H46N2. The van der Waals surface area contributed by atoms with Gasteiger partial charge in [-0.2, -0.15) is 0 Å². The fraction of sp³-hybridized carbons (Fsp3) is 0. The average Bonchev–Trinajstić information content (AvgIpc) is 3.77. The van der Waals surface area contributed by atoms with E-state index >= 15 is 0 Å². The van der Waals surface area contributed by atoms with Crippen LogP contribution in [0.15, 0.2) is 279 Å². The average molecular weight is 867 g/mol. The molecule has 0 atom stereocenters. The van der Waals surface area contributed by atoms with Gasteiger partial charge in [-0.3, -0.25) is 0 Å². The molecule has 68 heavy (non-hydrogen) atoms. The molecule has 0 N–H and O–H groups in total. The van der Waals surface area contributed by atoms with Crippen LogP contribution in [0.5, 0.6) is 0 Å².